The Balaban J connectivity index is 2.99. The van der Waals surface area contributed by atoms with Crippen LogP contribution >= 0.6 is 0 Å². The van der Waals surface area contributed by atoms with Gasteiger partial charge in [-0.1, -0.05) is 66.2 Å². The summed E-state index contributed by atoms with van der Waals surface area (Å²) in [5.41, 5.74) is 5.97. The van der Waals surface area contributed by atoms with Crippen LogP contribution in [0.2, 0.25) is 5.31 Å². The van der Waals surface area contributed by atoms with Gasteiger partial charge in [0.1, 0.15) is 0 Å². The molecule has 22 heavy (non-hydrogen) atoms. The minimum absolute atomic E-state index is 0.00701. The molecule has 1 aliphatic rings. The van der Waals surface area contributed by atoms with Crippen LogP contribution < -0.4 is 5.64 Å². The highest BCUT2D eigenvalue weighted by Crippen LogP contribution is 2.56. The average molecular weight is 304 g/mol. The minimum atomic E-state index is -0.303. The molecule has 1 aliphatic carbocycles. The van der Waals surface area contributed by atoms with Crippen molar-refractivity contribution in [1.29, 1.82) is 5.26 Å². The van der Waals surface area contributed by atoms with Crippen molar-refractivity contribution < 1.29 is 0 Å². The van der Waals surface area contributed by atoms with E-state index in [0.29, 0.717) is 5.31 Å². The SMILES string of the molecule is CC1(BN)CCCCCC(C)(C(C)(C)C(C)(C)C#N)CCC1. The molecule has 0 aromatic carbocycles. The Hall–Kier alpha value is -0.485. The molecule has 0 spiro atoms. The fourth-order valence-corrected chi connectivity index (χ4v) is 4.12. The summed E-state index contributed by atoms with van der Waals surface area (Å²) >= 11 is 0. The van der Waals surface area contributed by atoms with Crippen LogP contribution in [0.1, 0.15) is 92.9 Å². The van der Waals surface area contributed by atoms with Crippen LogP contribution in [0.4, 0.5) is 0 Å². The van der Waals surface area contributed by atoms with Gasteiger partial charge in [0.2, 0.25) is 7.41 Å². The van der Waals surface area contributed by atoms with E-state index in [1.54, 1.807) is 0 Å². The summed E-state index contributed by atoms with van der Waals surface area (Å²) in [6.07, 6.45) is 10.1. The Morgan fingerprint density at radius 1 is 0.909 bits per heavy atom. The minimum Gasteiger partial charge on any atom is -0.372 e. The van der Waals surface area contributed by atoms with Gasteiger partial charge in [-0.2, -0.15) is 5.26 Å². The molecule has 2 N–H and O–H groups in total. The molecule has 2 nitrogen and oxygen atoms in total. The summed E-state index contributed by atoms with van der Waals surface area (Å²) in [4.78, 5) is 0. The lowest BCUT2D eigenvalue weighted by Crippen LogP contribution is -2.45. The maximum atomic E-state index is 9.66. The molecule has 0 saturated heterocycles. The summed E-state index contributed by atoms with van der Waals surface area (Å²) in [6, 6.07) is 2.58. The fourth-order valence-electron chi connectivity index (χ4n) is 4.12. The highest BCUT2D eigenvalue weighted by Gasteiger charge is 2.50. The molecule has 1 rings (SSSR count). The molecule has 126 valence electrons. The molecular weight excluding hydrogens is 267 g/mol. The fraction of sp³-hybridized carbons (Fsp3) is 0.947. The normalized spacial score (nSPS) is 32.1. The maximum Gasteiger partial charge on any atom is 0.204 e. The molecule has 0 aromatic rings. The Morgan fingerprint density at radius 3 is 1.95 bits per heavy atom. The molecule has 0 amide bonds. The van der Waals surface area contributed by atoms with Crippen molar-refractivity contribution in [3.63, 3.8) is 0 Å². The maximum absolute atomic E-state index is 9.66. The molecule has 3 heteroatoms. The Labute approximate surface area is 139 Å². The molecule has 0 heterocycles. The summed E-state index contributed by atoms with van der Waals surface area (Å²) < 4.78 is 0. The zero-order valence-electron chi connectivity index (χ0n) is 15.9. The summed E-state index contributed by atoms with van der Waals surface area (Å²) in [7, 11) is 0.802. The van der Waals surface area contributed by atoms with Crippen molar-refractivity contribution in [2.45, 2.75) is 98.2 Å². The number of hydrogen-bond donors (Lipinski definition) is 1. The number of nitrogens with zero attached hydrogens (tertiary/aromatic N) is 1. The first-order valence-electron chi connectivity index (χ1n) is 9.15. The van der Waals surface area contributed by atoms with Crippen LogP contribution in [0.25, 0.3) is 0 Å². The van der Waals surface area contributed by atoms with Crippen molar-refractivity contribution in [2.24, 2.45) is 21.9 Å². The second-order valence-electron chi connectivity index (χ2n) is 9.35. The van der Waals surface area contributed by atoms with E-state index in [2.05, 4.69) is 47.6 Å². The van der Waals surface area contributed by atoms with Crippen LogP contribution in [-0.2, 0) is 0 Å². The van der Waals surface area contributed by atoms with Gasteiger partial charge in [0.05, 0.1) is 11.5 Å². The molecule has 0 aromatic heterocycles. The third-order valence-electron chi connectivity index (χ3n) is 7.36. The quantitative estimate of drug-likeness (QED) is 0.729. The Morgan fingerprint density at radius 2 is 1.41 bits per heavy atom. The molecular formula is C19H37BN2. The first-order chi connectivity index (χ1) is 10.0. The van der Waals surface area contributed by atoms with Gasteiger partial charge < -0.3 is 5.64 Å². The van der Waals surface area contributed by atoms with Gasteiger partial charge in [-0.15, -0.1) is 0 Å². The van der Waals surface area contributed by atoms with Gasteiger partial charge in [0.25, 0.3) is 0 Å². The van der Waals surface area contributed by atoms with Crippen LogP contribution in [0.3, 0.4) is 0 Å². The monoisotopic (exact) mass is 304 g/mol. The van der Waals surface area contributed by atoms with E-state index in [1.165, 1.54) is 51.4 Å². The first kappa shape index (κ1) is 19.6. The van der Waals surface area contributed by atoms with E-state index in [4.69, 9.17) is 5.64 Å². The third kappa shape index (κ3) is 3.88. The number of rotatable bonds is 3. The van der Waals surface area contributed by atoms with Gasteiger partial charge in [0, 0.05) is 0 Å². The summed E-state index contributed by atoms with van der Waals surface area (Å²) in [5.74, 6) is 0. The van der Waals surface area contributed by atoms with E-state index in [-0.39, 0.29) is 16.2 Å². The van der Waals surface area contributed by atoms with Gasteiger partial charge in [-0.05, 0) is 42.8 Å². The van der Waals surface area contributed by atoms with E-state index in [0.717, 1.165) is 7.41 Å². The number of hydrogen-bond acceptors (Lipinski definition) is 2. The topological polar surface area (TPSA) is 49.8 Å². The highest BCUT2D eigenvalue weighted by molar-refractivity contribution is 6.35. The van der Waals surface area contributed by atoms with Crippen LogP contribution in [0.15, 0.2) is 0 Å². The summed E-state index contributed by atoms with van der Waals surface area (Å²) in [5, 5.41) is 9.97. The second kappa shape index (κ2) is 6.96. The lowest BCUT2D eigenvalue weighted by Gasteiger charge is -2.52. The zero-order chi connectivity index (χ0) is 17.1. The van der Waals surface area contributed by atoms with Gasteiger partial charge in [-0.3, -0.25) is 0 Å². The second-order valence-corrected chi connectivity index (χ2v) is 9.35. The molecule has 0 aliphatic heterocycles. The van der Waals surface area contributed by atoms with Gasteiger partial charge in [-0.25, -0.2) is 0 Å². The average Bonchev–Trinajstić information content (AvgIpc) is 2.46. The largest absolute Gasteiger partial charge is 0.372 e. The van der Waals surface area contributed by atoms with Gasteiger partial charge >= 0.3 is 0 Å². The smallest absolute Gasteiger partial charge is 0.204 e. The van der Waals surface area contributed by atoms with Crippen molar-refractivity contribution in [3.8, 4) is 6.07 Å². The highest BCUT2D eigenvalue weighted by atomic mass is 14.5. The van der Waals surface area contributed by atoms with Crippen molar-refractivity contribution >= 4 is 7.41 Å². The van der Waals surface area contributed by atoms with E-state index in [9.17, 15) is 5.26 Å². The van der Waals surface area contributed by atoms with Crippen molar-refractivity contribution in [2.75, 3.05) is 0 Å². The standard InChI is InChI=1S/C19H37BN2/c1-16(2,15-21)17(3,4)18(5)11-8-7-9-13-19(6,20-22)14-10-12-18/h20H,7-14,22H2,1-6H3. The van der Waals surface area contributed by atoms with Crippen LogP contribution in [0.5, 0.6) is 0 Å². The van der Waals surface area contributed by atoms with Gasteiger partial charge in [0.15, 0.2) is 0 Å². The number of nitrogens with two attached hydrogens (primary N) is 1. The van der Waals surface area contributed by atoms with E-state index < -0.39 is 0 Å². The Kier molecular flexibility index (Phi) is 6.18. The molecule has 1 saturated carbocycles. The molecule has 0 radical (unpaired) electrons. The number of nitriles is 1. The van der Waals surface area contributed by atoms with Crippen LogP contribution in [0, 0.1) is 27.6 Å². The lowest BCUT2D eigenvalue weighted by molar-refractivity contribution is -0.0175. The Bertz CT molecular complexity index is 410. The molecule has 1 fully saturated rings. The zero-order valence-corrected chi connectivity index (χ0v) is 15.9. The molecule has 2 atom stereocenters. The first-order valence-corrected chi connectivity index (χ1v) is 9.15. The molecule has 0 bridgehead atoms. The third-order valence-corrected chi connectivity index (χ3v) is 7.36. The van der Waals surface area contributed by atoms with Crippen molar-refractivity contribution in [1.82, 2.24) is 0 Å². The van der Waals surface area contributed by atoms with Crippen LogP contribution in [-0.4, -0.2) is 7.41 Å². The predicted octanol–water partition coefficient (Wildman–Crippen LogP) is 5.19. The van der Waals surface area contributed by atoms with E-state index in [1.807, 2.05) is 0 Å². The molecule has 2 unspecified atom stereocenters. The lowest BCUT2D eigenvalue weighted by atomic mass is 9.50. The van der Waals surface area contributed by atoms with E-state index >= 15 is 0 Å². The predicted molar refractivity (Wildman–Crippen MR) is 97.9 cm³/mol. The van der Waals surface area contributed by atoms with Crippen molar-refractivity contribution in [3.05, 3.63) is 0 Å². The summed E-state index contributed by atoms with van der Waals surface area (Å²) in [6.45, 7) is 13.6.